The van der Waals surface area contributed by atoms with E-state index >= 15 is 0 Å². The molecule has 2 aromatic carbocycles. The molecule has 10 nitrogen and oxygen atoms in total. The van der Waals surface area contributed by atoms with Crippen LogP contribution in [0.5, 0.6) is 11.5 Å². The lowest BCUT2D eigenvalue weighted by Crippen LogP contribution is -2.33. The Morgan fingerprint density at radius 2 is 0.864 bits per heavy atom. The van der Waals surface area contributed by atoms with Crippen LogP contribution >= 0.6 is 0 Å². The van der Waals surface area contributed by atoms with Gasteiger partial charge in [-0.15, -0.1) is 0 Å². The first kappa shape index (κ1) is 29.7. The minimum absolute atomic E-state index is 0.244. The summed E-state index contributed by atoms with van der Waals surface area (Å²) >= 11 is 0. The summed E-state index contributed by atoms with van der Waals surface area (Å²) in [6.45, 7) is 7.45. The van der Waals surface area contributed by atoms with E-state index in [4.69, 9.17) is 18.9 Å². The Labute approximate surface area is 254 Å². The Kier molecular flexibility index (Phi) is 7.63. The van der Waals surface area contributed by atoms with Crippen molar-refractivity contribution in [1.82, 2.24) is 0 Å². The summed E-state index contributed by atoms with van der Waals surface area (Å²) < 4.78 is 21.2. The van der Waals surface area contributed by atoms with Crippen molar-refractivity contribution in [3.63, 3.8) is 0 Å². The molecule has 44 heavy (non-hydrogen) atoms. The number of aryl methyl sites for hydroxylation is 4. The molecule has 2 saturated carbocycles. The summed E-state index contributed by atoms with van der Waals surface area (Å²) in [7, 11) is 0. The molecule has 2 heterocycles. The van der Waals surface area contributed by atoms with E-state index in [1.807, 2.05) is 52.0 Å². The first-order chi connectivity index (χ1) is 20.9. The molecular formula is C34H34O10. The van der Waals surface area contributed by atoms with Crippen LogP contribution in [-0.2, 0) is 38.2 Å². The summed E-state index contributed by atoms with van der Waals surface area (Å²) in [5.74, 6) is -5.08. The van der Waals surface area contributed by atoms with Gasteiger partial charge in [-0.05, 0) is 124 Å². The average molecular weight is 603 g/mol. The number of rotatable bonds is 5. The summed E-state index contributed by atoms with van der Waals surface area (Å²) in [4.78, 5) is 73.9. The van der Waals surface area contributed by atoms with E-state index < -0.39 is 71.3 Å². The molecule has 2 aliphatic carbocycles. The number of benzene rings is 2. The molecule has 10 heteroatoms. The smallest absolute Gasteiger partial charge is 0.317 e. The normalized spacial score (nSPS) is 27.7. The lowest BCUT2D eigenvalue weighted by molar-refractivity contribution is -0.155. The molecule has 4 aliphatic rings. The third-order valence-electron chi connectivity index (χ3n) is 9.64. The van der Waals surface area contributed by atoms with Gasteiger partial charge in [0.05, 0.1) is 35.5 Å². The minimum Gasteiger partial charge on any atom is -0.426 e. The van der Waals surface area contributed by atoms with Crippen LogP contribution < -0.4 is 9.47 Å². The van der Waals surface area contributed by atoms with Crippen LogP contribution in [0.1, 0.15) is 60.8 Å². The van der Waals surface area contributed by atoms with Crippen molar-refractivity contribution in [2.24, 2.45) is 35.5 Å². The maximum absolute atomic E-state index is 13.1. The number of fused-ring (bicyclic) bond motifs is 2. The van der Waals surface area contributed by atoms with Crippen molar-refractivity contribution in [3.8, 4) is 22.6 Å². The highest BCUT2D eigenvalue weighted by Gasteiger charge is 2.50. The van der Waals surface area contributed by atoms with Crippen molar-refractivity contribution in [2.75, 3.05) is 0 Å². The molecule has 6 unspecified atom stereocenters. The van der Waals surface area contributed by atoms with Crippen LogP contribution in [-0.4, -0.2) is 35.8 Å². The first-order valence-corrected chi connectivity index (χ1v) is 15.1. The van der Waals surface area contributed by atoms with Gasteiger partial charge in [-0.1, -0.05) is 0 Å². The maximum atomic E-state index is 13.1. The van der Waals surface area contributed by atoms with E-state index in [1.54, 1.807) is 0 Å². The van der Waals surface area contributed by atoms with E-state index in [2.05, 4.69) is 0 Å². The minimum atomic E-state index is -0.584. The molecular weight excluding hydrogens is 568 g/mol. The lowest BCUT2D eigenvalue weighted by Gasteiger charge is -2.26. The fourth-order valence-corrected chi connectivity index (χ4v) is 7.28. The van der Waals surface area contributed by atoms with Gasteiger partial charge in [-0.25, -0.2) is 0 Å². The van der Waals surface area contributed by atoms with Crippen LogP contribution in [0.2, 0.25) is 0 Å². The van der Waals surface area contributed by atoms with Crippen LogP contribution in [0.4, 0.5) is 0 Å². The Morgan fingerprint density at radius 1 is 0.545 bits per heavy atom. The number of carbonyl (C=O) groups is 6. The molecule has 6 rings (SSSR count). The standard InChI is InChI=1S/C34H34O10/c1-15-9-21(10-16(2)27(15)41-29(35)19-5-7-23-25(13-19)33(39)43-31(23)37)22-11-17(3)28(18(4)12-22)42-30(36)20-6-8-24-26(14-20)34(40)44-32(24)38/h9-12,19-20,23-26H,5-8,13-14H2,1-4H3. The second-order valence-corrected chi connectivity index (χ2v) is 12.6. The highest BCUT2D eigenvalue weighted by molar-refractivity contribution is 5.97. The zero-order valence-electron chi connectivity index (χ0n) is 25.1. The number of hydrogen-bond donors (Lipinski definition) is 0. The van der Waals surface area contributed by atoms with Gasteiger partial charge in [-0.3, -0.25) is 28.8 Å². The zero-order chi connectivity index (χ0) is 31.4. The SMILES string of the molecule is Cc1cc(-c2cc(C)c(OC(=O)C3CCC4C(=O)OC(=O)C4C3)c(C)c2)cc(C)c1OC(=O)C1CCC2C(=O)OC(=O)C2C1. The summed E-state index contributed by atoms with van der Waals surface area (Å²) in [6, 6.07) is 7.72. The molecule has 230 valence electrons. The molecule has 2 aromatic rings. The van der Waals surface area contributed by atoms with Gasteiger partial charge < -0.3 is 18.9 Å². The van der Waals surface area contributed by atoms with E-state index in [0.717, 1.165) is 33.4 Å². The maximum Gasteiger partial charge on any atom is 0.317 e. The lowest BCUT2D eigenvalue weighted by atomic mass is 9.75. The van der Waals surface area contributed by atoms with Gasteiger partial charge in [0, 0.05) is 0 Å². The van der Waals surface area contributed by atoms with Crippen molar-refractivity contribution >= 4 is 35.8 Å². The molecule has 0 radical (unpaired) electrons. The topological polar surface area (TPSA) is 139 Å². The fourth-order valence-electron chi connectivity index (χ4n) is 7.28. The van der Waals surface area contributed by atoms with Crippen molar-refractivity contribution < 1.29 is 47.7 Å². The predicted octanol–water partition coefficient (Wildman–Crippen LogP) is 4.63. The Bertz CT molecular complexity index is 1450. The van der Waals surface area contributed by atoms with Crippen molar-refractivity contribution in [2.45, 2.75) is 66.2 Å². The number of ether oxygens (including phenoxy) is 4. The van der Waals surface area contributed by atoms with Gasteiger partial charge in [0.15, 0.2) is 0 Å². The molecule has 0 bridgehead atoms. The van der Waals surface area contributed by atoms with Crippen LogP contribution in [0, 0.1) is 63.2 Å². The third kappa shape index (κ3) is 5.31. The molecule has 0 N–H and O–H groups in total. The average Bonchev–Trinajstić information content (AvgIpc) is 3.44. The summed E-state index contributed by atoms with van der Waals surface area (Å²) in [5, 5.41) is 0. The highest BCUT2D eigenvalue weighted by atomic mass is 16.6. The summed E-state index contributed by atoms with van der Waals surface area (Å²) in [6.07, 6.45) is 2.26. The Hall–Kier alpha value is -4.34. The van der Waals surface area contributed by atoms with Gasteiger partial charge >= 0.3 is 35.8 Å². The van der Waals surface area contributed by atoms with Gasteiger partial charge in [-0.2, -0.15) is 0 Å². The Balaban J connectivity index is 1.14. The second kappa shape index (κ2) is 11.3. The van der Waals surface area contributed by atoms with Crippen LogP contribution in [0.15, 0.2) is 24.3 Å². The monoisotopic (exact) mass is 602 g/mol. The molecule has 2 aliphatic heterocycles. The molecule has 2 saturated heterocycles. The number of esters is 6. The van der Waals surface area contributed by atoms with Crippen molar-refractivity contribution in [3.05, 3.63) is 46.5 Å². The van der Waals surface area contributed by atoms with Crippen LogP contribution in [0.3, 0.4) is 0 Å². The molecule has 6 atom stereocenters. The van der Waals surface area contributed by atoms with Crippen molar-refractivity contribution in [1.29, 1.82) is 0 Å². The largest absolute Gasteiger partial charge is 0.426 e. The van der Waals surface area contributed by atoms with E-state index in [1.165, 1.54) is 0 Å². The van der Waals surface area contributed by atoms with Crippen LogP contribution in [0.25, 0.3) is 11.1 Å². The Morgan fingerprint density at radius 3 is 1.20 bits per heavy atom. The summed E-state index contributed by atoms with van der Waals surface area (Å²) in [5.41, 5.74) is 4.87. The highest BCUT2D eigenvalue weighted by Crippen LogP contribution is 2.42. The number of hydrogen-bond acceptors (Lipinski definition) is 10. The van der Waals surface area contributed by atoms with E-state index in [0.29, 0.717) is 37.2 Å². The van der Waals surface area contributed by atoms with E-state index in [9.17, 15) is 28.8 Å². The zero-order valence-corrected chi connectivity index (χ0v) is 25.1. The quantitative estimate of drug-likeness (QED) is 0.270. The van der Waals surface area contributed by atoms with Gasteiger partial charge in [0.25, 0.3) is 0 Å². The predicted molar refractivity (Wildman–Crippen MR) is 153 cm³/mol. The van der Waals surface area contributed by atoms with Gasteiger partial charge in [0.1, 0.15) is 11.5 Å². The van der Waals surface area contributed by atoms with Gasteiger partial charge in [0.2, 0.25) is 0 Å². The second-order valence-electron chi connectivity index (χ2n) is 12.6. The fraction of sp³-hybridized carbons (Fsp3) is 0.471. The third-order valence-corrected chi connectivity index (χ3v) is 9.64. The molecule has 0 spiro atoms. The molecule has 0 aromatic heterocycles. The first-order valence-electron chi connectivity index (χ1n) is 15.1. The van der Waals surface area contributed by atoms with E-state index in [-0.39, 0.29) is 12.8 Å². The molecule has 0 amide bonds. The number of cyclic esters (lactones) is 4. The molecule has 4 fully saturated rings. The number of carbonyl (C=O) groups excluding carboxylic acids is 6.